The maximum Gasteiger partial charge on any atom is 0.249 e. The van der Waals surface area contributed by atoms with Gasteiger partial charge in [0.05, 0.1) is 12.6 Å². The minimum absolute atomic E-state index is 0.184. The van der Waals surface area contributed by atoms with E-state index in [4.69, 9.17) is 4.74 Å². The van der Waals surface area contributed by atoms with Gasteiger partial charge in [0.15, 0.2) is 0 Å². The topological polar surface area (TPSA) is 89.4 Å². The molecule has 0 saturated carbocycles. The standard InChI is InChI=1S/C30H26FN5O3/c1-39-25-17-11-22(12-18-25)29(30(38)32-19-21-7-3-2-4-8-21)36(24-15-13-23(31)14-16-24)28(37)20-35-27-10-6-5-9-26(27)33-34-35/h2-18,29H,19-20H2,1H3,(H,32,38)/t29-/m0/s1. The number of anilines is 1. The van der Waals surface area contributed by atoms with E-state index in [0.29, 0.717) is 28.0 Å². The summed E-state index contributed by atoms with van der Waals surface area (Å²) in [6.07, 6.45) is 0. The molecule has 1 aromatic heterocycles. The molecular formula is C30H26FN5O3. The Morgan fingerprint density at radius 1 is 0.923 bits per heavy atom. The van der Waals surface area contributed by atoms with Gasteiger partial charge in [0.25, 0.3) is 0 Å². The van der Waals surface area contributed by atoms with Gasteiger partial charge in [-0.1, -0.05) is 59.8 Å². The number of para-hydroxylation sites is 1. The first-order valence-corrected chi connectivity index (χ1v) is 12.3. The van der Waals surface area contributed by atoms with Crippen molar-refractivity contribution in [3.8, 4) is 5.75 Å². The number of hydrogen-bond acceptors (Lipinski definition) is 5. The van der Waals surface area contributed by atoms with Crippen LogP contribution in [0.15, 0.2) is 103 Å². The van der Waals surface area contributed by atoms with E-state index in [9.17, 15) is 14.0 Å². The maximum atomic E-state index is 14.0. The van der Waals surface area contributed by atoms with Crippen LogP contribution in [0.5, 0.6) is 5.75 Å². The van der Waals surface area contributed by atoms with E-state index in [-0.39, 0.29) is 13.1 Å². The number of methoxy groups -OCH3 is 1. The third kappa shape index (κ3) is 5.77. The van der Waals surface area contributed by atoms with Crippen LogP contribution in [0.1, 0.15) is 17.2 Å². The van der Waals surface area contributed by atoms with Crippen LogP contribution < -0.4 is 15.0 Å². The number of fused-ring (bicyclic) bond motifs is 1. The van der Waals surface area contributed by atoms with E-state index in [1.165, 1.54) is 33.8 Å². The van der Waals surface area contributed by atoms with Gasteiger partial charge in [-0.2, -0.15) is 0 Å². The van der Waals surface area contributed by atoms with Gasteiger partial charge in [-0.25, -0.2) is 9.07 Å². The van der Waals surface area contributed by atoms with E-state index in [1.807, 2.05) is 48.5 Å². The highest BCUT2D eigenvalue weighted by Crippen LogP contribution is 2.30. The van der Waals surface area contributed by atoms with Gasteiger partial charge in [0.2, 0.25) is 11.8 Å². The zero-order valence-corrected chi connectivity index (χ0v) is 21.2. The molecule has 1 atom stereocenters. The predicted molar refractivity (Wildman–Crippen MR) is 145 cm³/mol. The van der Waals surface area contributed by atoms with E-state index < -0.39 is 23.7 Å². The minimum Gasteiger partial charge on any atom is -0.497 e. The van der Waals surface area contributed by atoms with Crippen LogP contribution in [0, 0.1) is 5.82 Å². The molecule has 0 aliphatic heterocycles. The third-order valence-corrected chi connectivity index (χ3v) is 6.33. The zero-order chi connectivity index (χ0) is 27.2. The first-order chi connectivity index (χ1) is 19.0. The second-order valence-electron chi connectivity index (χ2n) is 8.86. The Labute approximate surface area is 224 Å². The molecule has 0 aliphatic rings. The molecule has 8 nitrogen and oxygen atoms in total. The summed E-state index contributed by atoms with van der Waals surface area (Å²) >= 11 is 0. The number of halogens is 1. The van der Waals surface area contributed by atoms with E-state index in [2.05, 4.69) is 15.6 Å². The number of amides is 2. The molecule has 9 heteroatoms. The summed E-state index contributed by atoms with van der Waals surface area (Å²) in [7, 11) is 1.55. The third-order valence-electron chi connectivity index (χ3n) is 6.33. The molecule has 1 N–H and O–H groups in total. The smallest absolute Gasteiger partial charge is 0.249 e. The van der Waals surface area contributed by atoms with Crippen molar-refractivity contribution in [1.82, 2.24) is 20.3 Å². The Kier molecular flexibility index (Phi) is 7.58. The van der Waals surface area contributed by atoms with Crippen molar-refractivity contribution < 1.29 is 18.7 Å². The number of nitrogens with one attached hydrogen (secondary N) is 1. The molecule has 0 aliphatic carbocycles. The molecule has 196 valence electrons. The minimum atomic E-state index is -1.06. The Balaban J connectivity index is 1.55. The van der Waals surface area contributed by atoms with Crippen molar-refractivity contribution >= 4 is 28.5 Å². The Bertz CT molecular complexity index is 1570. The fraction of sp³-hybridized carbons (Fsp3) is 0.133. The first-order valence-electron chi connectivity index (χ1n) is 12.3. The number of nitrogens with zero attached hydrogens (tertiary/aromatic N) is 4. The van der Waals surface area contributed by atoms with Gasteiger partial charge in [-0.05, 0) is 59.7 Å². The summed E-state index contributed by atoms with van der Waals surface area (Å²) in [4.78, 5) is 29.2. The lowest BCUT2D eigenvalue weighted by Crippen LogP contribution is -2.45. The molecule has 0 fully saturated rings. The average Bonchev–Trinajstić information content (AvgIpc) is 3.38. The molecule has 0 unspecified atom stereocenters. The summed E-state index contributed by atoms with van der Waals surface area (Å²) in [6.45, 7) is 0.0853. The molecular weight excluding hydrogens is 497 g/mol. The van der Waals surface area contributed by atoms with Gasteiger partial charge in [-0.3, -0.25) is 14.5 Å². The number of carbonyl (C=O) groups is 2. The van der Waals surface area contributed by atoms with Crippen molar-refractivity contribution in [1.29, 1.82) is 0 Å². The molecule has 0 saturated heterocycles. The van der Waals surface area contributed by atoms with Gasteiger partial charge in [0.1, 0.15) is 29.7 Å². The highest BCUT2D eigenvalue weighted by molar-refractivity contribution is 6.01. The number of hydrogen-bond donors (Lipinski definition) is 1. The summed E-state index contributed by atoms with van der Waals surface area (Å²) in [6, 6.07) is 28.1. The van der Waals surface area contributed by atoms with Crippen LogP contribution in [-0.4, -0.2) is 33.9 Å². The normalized spacial score (nSPS) is 11.6. The lowest BCUT2D eigenvalue weighted by atomic mass is 10.0. The molecule has 5 aromatic rings. The Morgan fingerprint density at radius 3 is 2.33 bits per heavy atom. The largest absolute Gasteiger partial charge is 0.497 e. The van der Waals surface area contributed by atoms with Crippen LogP contribution >= 0.6 is 0 Å². The number of rotatable bonds is 9. The lowest BCUT2D eigenvalue weighted by Gasteiger charge is -2.31. The van der Waals surface area contributed by atoms with Crippen LogP contribution in [0.4, 0.5) is 10.1 Å². The molecule has 2 amide bonds. The molecule has 0 spiro atoms. The summed E-state index contributed by atoms with van der Waals surface area (Å²) in [5.74, 6) is -0.669. The molecule has 1 heterocycles. The quantitative estimate of drug-likeness (QED) is 0.303. The molecule has 39 heavy (non-hydrogen) atoms. The predicted octanol–water partition coefficient (Wildman–Crippen LogP) is 4.67. The van der Waals surface area contributed by atoms with Crippen LogP contribution in [0.3, 0.4) is 0 Å². The van der Waals surface area contributed by atoms with Crippen molar-refractivity contribution in [3.63, 3.8) is 0 Å². The number of aromatic nitrogens is 3. The number of carbonyl (C=O) groups excluding carboxylic acids is 2. The number of benzene rings is 4. The Hall–Kier alpha value is -5.05. The first kappa shape index (κ1) is 25.6. The fourth-order valence-corrected chi connectivity index (χ4v) is 4.36. The van der Waals surface area contributed by atoms with Gasteiger partial charge in [-0.15, -0.1) is 5.10 Å². The summed E-state index contributed by atoms with van der Waals surface area (Å²) in [5.41, 5.74) is 3.16. The molecule has 4 aromatic carbocycles. The van der Waals surface area contributed by atoms with Gasteiger partial charge in [0, 0.05) is 12.2 Å². The molecule has 0 radical (unpaired) electrons. The van der Waals surface area contributed by atoms with Crippen molar-refractivity contribution in [2.24, 2.45) is 0 Å². The van der Waals surface area contributed by atoms with E-state index >= 15 is 0 Å². The molecule has 0 bridgehead atoms. The van der Waals surface area contributed by atoms with Crippen LogP contribution in [0.2, 0.25) is 0 Å². The van der Waals surface area contributed by atoms with Gasteiger partial charge < -0.3 is 10.1 Å². The van der Waals surface area contributed by atoms with Crippen molar-refractivity contribution in [3.05, 3.63) is 120 Å². The lowest BCUT2D eigenvalue weighted by molar-refractivity contribution is -0.127. The van der Waals surface area contributed by atoms with Crippen LogP contribution in [-0.2, 0) is 22.7 Å². The highest BCUT2D eigenvalue weighted by Gasteiger charge is 2.33. The average molecular weight is 524 g/mol. The zero-order valence-electron chi connectivity index (χ0n) is 21.2. The van der Waals surface area contributed by atoms with E-state index in [0.717, 1.165) is 5.56 Å². The molecule has 5 rings (SSSR count). The second kappa shape index (κ2) is 11.6. The van der Waals surface area contributed by atoms with Crippen molar-refractivity contribution in [2.45, 2.75) is 19.1 Å². The van der Waals surface area contributed by atoms with E-state index in [1.54, 1.807) is 37.4 Å². The summed E-state index contributed by atoms with van der Waals surface area (Å²) < 4.78 is 20.7. The number of ether oxygens (including phenoxy) is 1. The monoisotopic (exact) mass is 523 g/mol. The maximum absolute atomic E-state index is 14.0. The Morgan fingerprint density at radius 2 is 1.62 bits per heavy atom. The SMILES string of the molecule is COc1ccc([C@@H](C(=O)NCc2ccccc2)N(C(=O)Cn2nnc3ccccc32)c2ccc(F)cc2)cc1. The van der Waals surface area contributed by atoms with Crippen LogP contribution in [0.25, 0.3) is 11.0 Å². The summed E-state index contributed by atoms with van der Waals surface area (Å²) in [5, 5.41) is 11.2. The van der Waals surface area contributed by atoms with Gasteiger partial charge >= 0.3 is 0 Å². The van der Waals surface area contributed by atoms with Crippen molar-refractivity contribution in [2.75, 3.05) is 12.0 Å². The highest BCUT2D eigenvalue weighted by atomic mass is 19.1. The fourth-order valence-electron chi connectivity index (χ4n) is 4.36. The second-order valence-corrected chi connectivity index (χ2v) is 8.86.